The van der Waals surface area contributed by atoms with Crippen LogP contribution in [0.3, 0.4) is 0 Å². The topological polar surface area (TPSA) is 116 Å². The average molecular weight is 616 g/mol. The van der Waals surface area contributed by atoms with Gasteiger partial charge in [0.05, 0.1) is 46.1 Å². The Hall–Kier alpha value is -1.80. The second kappa shape index (κ2) is 21.8. The lowest BCUT2D eigenvalue weighted by atomic mass is 10.3. The molecule has 234 valence electrons. The van der Waals surface area contributed by atoms with Gasteiger partial charge in [-0.3, -0.25) is 9.59 Å². The maximum atomic E-state index is 12.3. The largest absolute Gasteiger partial charge is 0.490 e. The molecule has 3 N–H and O–H groups in total. The van der Waals surface area contributed by atoms with Gasteiger partial charge in [0.25, 0.3) is 0 Å². The Kier molecular flexibility index (Phi) is 19.8. The number of hydrogen-bond donors (Lipinski definition) is 3. The number of rotatable bonds is 23. The van der Waals surface area contributed by atoms with Crippen molar-refractivity contribution in [2.45, 2.75) is 50.7 Å². The van der Waals surface area contributed by atoms with Gasteiger partial charge in [-0.15, -0.1) is 0 Å². The number of anilines is 1. The van der Waals surface area contributed by atoms with Crippen molar-refractivity contribution in [3.8, 4) is 5.75 Å². The van der Waals surface area contributed by atoms with Crippen LogP contribution in [0, 0.1) is 0 Å². The molecule has 0 heterocycles. The number of carbonyl (C=O) groups excluding carboxylic acids is 2. The van der Waals surface area contributed by atoms with E-state index < -0.39 is 4.93 Å². The van der Waals surface area contributed by atoms with Gasteiger partial charge in [0.2, 0.25) is 11.8 Å². The molecule has 1 atom stereocenters. The summed E-state index contributed by atoms with van der Waals surface area (Å²) in [6.45, 7) is 14.3. The van der Waals surface area contributed by atoms with Gasteiger partial charge in [-0.05, 0) is 33.0 Å². The normalized spacial score (nSPS) is 13.2. The van der Waals surface area contributed by atoms with Gasteiger partial charge in [0, 0.05) is 29.6 Å². The summed E-state index contributed by atoms with van der Waals surface area (Å²) >= 11 is 0. The van der Waals surface area contributed by atoms with Crippen molar-refractivity contribution in [3.63, 3.8) is 0 Å². The minimum atomic E-state index is -0.678. The predicted octanol–water partition coefficient (Wildman–Crippen LogP) is 4.27. The van der Waals surface area contributed by atoms with E-state index in [2.05, 4.69) is 36.7 Å². The van der Waals surface area contributed by atoms with Crippen LogP contribution >= 0.6 is 21.6 Å². The van der Waals surface area contributed by atoms with E-state index in [-0.39, 0.29) is 42.8 Å². The number of benzene rings is 1. The van der Waals surface area contributed by atoms with Crippen LogP contribution < -0.4 is 20.7 Å². The van der Waals surface area contributed by atoms with Crippen molar-refractivity contribution in [2.75, 3.05) is 78.3 Å². The lowest BCUT2D eigenvalue weighted by molar-refractivity contribution is -0.126. The minimum absolute atomic E-state index is 0.0181. The van der Waals surface area contributed by atoms with Gasteiger partial charge in [0.15, 0.2) is 4.93 Å². The molecule has 1 aromatic rings. The Morgan fingerprint density at radius 2 is 1.66 bits per heavy atom. The van der Waals surface area contributed by atoms with Gasteiger partial charge >= 0.3 is 0 Å². The fraction of sp³-hybridized carbons (Fsp3) is 0.655. The van der Waals surface area contributed by atoms with Crippen LogP contribution in [0.4, 0.5) is 5.69 Å². The molecule has 0 aliphatic heterocycles. The van der Waals surface area contributed by atoms with E-state index in [1.54, 1.807) is 27.7 Å². The highest BCUT2D eigenvalue weighted by molar-refractivity contribution is 8.77. The van der Waals surface area contributed by atoms with E-state index in [0.29, 0.717) is 51.0 Å². The molecule has 0 aromatic heterocycles. The third-order valence-corrected chi connectivity index (χ3v) is 8.93. The fourth-order valence-corrected chi connectivity index (χ4v) is 5.12. The van der Waals surface area contributed by atoms with Crippen molar-refractivity contribution in [2.24, 2.45) is 0 Å². The molecular formula is C29H49N3O7S2. The molecule has 2 amide bonds. The van der Waals surface area contributed by atoms with Crippen LogP contribution in [0.15, 0.2) is 36.4 Å². The molecule has 12 heteroatoms. The zero-order valence-electron chi connectivity index (χ0n) is 25.4. The first-order valence-corrected chi connectivity index (χ1v) is 16.0. The van der Waals surface area contributed by atoms with Crippen molar-refractivity contribution >= 4 is 39.1 Å². The maximum absolute atomic E-state index is 12.3. The van der Waals surface area contributed by atoms with Crippen molar-refractivity contribution in [1.29, 1.82) is 0 Å². The van der Waals surface area contributed by atoms with Crippen molar-refractivity contribution in [1.82, 2.24) is 10.6 Å². The molecule has 0 bridgehead atoms. The van der Waals surface area contributed by atoms with Gasteiger partial charge < -0.3 is 39.6 Å². The summed E-state index contributed by atoms with van der Waals surface area (Å²) in [4.78, 5) is 23.4. The van der Waals surface area contributed by atoms with Crippen LogP contribution in [-0.4, -0.2) is 94.5 Å². The maximum Gasteiger partial charge on any atom is 0.246 e. The Bertz CT molecular complexity index is 899. The second-order valence-corrected chi connectivity index (χ2v) is 13.6. The van der Waals surface area contributed by atoms with Gasteiger partial charge in [-0.25, -0.2) is 0 Å². The summed E-state index contributed by atoms with van der Waals surface area (Å²) in [6, 6.07) is 7.26. The number of hydrogen-bond acceptors (Lipinski definition) is 10. The SMILES string of the molecule is C/C=C/CNC(=O)COCCOC(C)(COc1cccc(NC(=O)CCOCCOCCNC)c1)SSC(C)(C)C. The first kappa shape index (κ1) is 37.2. The number of ether oxygens (including phenoxy) is 5. The molecule has 0 aliphatic carbocycles. The summed E-state index contributed by atoms with van der Waals surface area (Å²) in [5.41, 5.74) is 0.642. The van der Waals surface area contributed by atoms with Crippen molar-refractivity contribution < 1.29 is 33.3 Å². The van der Waals surface area contributed by atoms with E-state index in [1.807, 2.05) is 51.2 Å². The Morgan fingerprint density at radius 1 is 0.927 bits per heavy atom. The zero-order valence-corrected chi connectivity index (χ0v) is 27.0. The third-order valence-electron chi connectivity index (χ3n) is 4.95. The lowest BCUT2D eigenvalue weighted by Gasteiger charge is -2.31. The monoisotopic (exact) mass is 615 g/mol. The Morgan fingerprint density at radius 3 is 2.37 bits per heavy atom. The fourth-order valence-electron chi connectivity index (χ4n) is 2.89. The third kappa shape index (κ3) is 20.7. The molecule has 1 rings (SSSR count). The standard InChI is InChI=1S/C29H49N3O7S2/c1-7-8-13-31-27(34)22-37-19-20-39-29(5,41-40-28(2,3)4)23-38-25-11-9-10-24(21-25)32-26(33)12-15-35-17-18-36-16-14-30-6/h7-11,21,30H,12-20,22-23H2,1-6H3,(H,31,34)(H,32,33)/b8-7+. The molecule has 1 aromatic carbocycles. The van der Waals surface area contributed by atoms with E-state index in [0.717, 1.165) is 6.54 Å². The van der Waals surface area contributed by atoms with Crippen molar-refractivity contribution in [3.05, 3.63) is 36.4 Å². The van der Waals surface area contributed by atoms with Gasteiger partial charge in [-0.2, -0.15) is 0 Å². The molecule has 0 aliphatic rings. The zero-order chi connectivity index (χ0) is 30.4. The van der Waals surface area contributed by atoms with Crippen LogP contribution in [0.5, 0.6) is 5.75 Å². The number of likely N-dealkylation sites (N-methyl/N-ethyl adjacent to an activating group) is 1. The van der Waals surface area contributed by atoms with Crippen LogP contribution in [0.2, 0.25) is 0 Å². The molecule has 41 heavy (non-hydrogen) atoms. The number of nitrogens with one attached hydrogen (secondary N) is 3. The summed E-state index contributed by atoms with van der Waals surface area (Å²) in [7, 11) is 5.17. The van der Waals surface area contributed by atoms with Crippen LogP contribution in [0.25, 0.3) is 0 Å². The van der Waals surface area contributed by atoms with Gasteiger partial charge in [-0.1, -0.05) is 60.6 Å². The summed E-state index contributed by atoms with van der Waals surface area (Å²) in [5, 5.41) is 8.64. The predicted molar refractivity (Wildman–Crippen MR) is 169 cm³/mol. The smallest absolute Gasteiger partial charge is 0.246 e. The highest BCUT2D eigenvalue weighted by Crippen LogP contribution is 2.44. The number of carbonyl (C=O) groups is 2. The van der Waals surface area contributed by atoms with E-state index in [1.165, 1.54) is 0 Å². The lowest BCUT2D eigenvalue weighted by Crippen LogP contribution is -2.34. The molecule has 0 spiro atoms. The average Bonchev–Trinajstić information content (AvgIpc) is 2.92. The first-order valence-electron chi connectivity index (χ1n) is 13.9. The minimum Gasteiger partial charge on any atom is -0.490 e. The summed E-state index contributed by atoms with van der Waals surface area (Å²) in [6.07, 6.45) is 3.98. The number of amides is 2. The Balaban J connectivity index is 2.51. The molecular weight excluding hydrogens is 566 g/mol. The van der Waals surface area contributed by atoms with Gasteiger partial charge in [0.1, 0.15) is 19.0 Å². The number of allylic oxidation sites excluding steroid dienone is 1. The molecule has 0 saturated heterocycles. The highest BCUT2D eigenvalue weighted by atomic mass is 33.1. The Labute approximate surface area is 253 Å². The molecule has 1 unspecified atom stereocenters. The molecule has 0 fully saturated rings. The second-order valence-electron chi connectivity index (χ2n) is 10.1. The highest BCUT2D eigenvalue weighted by Gasteiger charge is 2.30. The first-order chi connectivity index (χ1) is 19.6. The van der Waals surface area contributed by atoms with Crippen LogP contribution in [0.1, 0.15) is 41.0 Å². The molecule has 0 radical (unpaired) electrons. The summed E-state index contributed by atoms with van der Waals surface area (Å²) in [5.74, 6) is 0.304. The van der Waals surface area contributed by atoms with Crippen LogP contribution in [-0.2, 0) is 28.5 Å². The summed E-state index contributed by atoms with van der Waals surface area (Å²) < 4.78 is 28.6. The molecule has 0 saturated carbocycles. The van der Waals surface area contributed by atoms with E-state index in [4.69, 9.17) is 23.7 Å². The quantitative estimate of drug-likeness (QED) is 0.0714. The van der Waals surface area contributed by atoms with E-state index >= 15 is 0 Å². The molecule has 10 nitrogen and oxygen atoms in total. The van der Waals surface area contributed by atoms with E-state index in [9.17, 15) is 9.59 Å².